The van der Waals surface area contributed by atoms with E-state index in [0.29, 0.717) is 12.2 Å². The molecular formula is C19H22N2O2. The van der Waals surface area contributed by atoms with E-state index in [-0.39, 0.29) is 18.2 Å². The zero-order valence-corrected chi connectivity index (χ0v) is 13.8. The lowest BCUT2D eigenvalue weighted by Crippen LogP contribution is -2.27. The van der Waals surface area contributed by atoms with E-state index in [4.69, 9.17) is 0 Å². The van der Waals surface area contributed by atoms with Crippen molar-refractivity contribution in [3.63, 3.8) is 0 Å². The van der Waals surface area contributed by atoms with Gasteiger partial charge in [0.05, 0.1) is 0 Å². The summed E-state index contributed by atoms with van der Waals surface area (Å²) >= 11 is 0. The van der Waals surface area contributed by atoms with Crippen LogP contribution < -0.4 is 10.6 Å². The molecule has 0 saturated heterocycles. The van der Waals surface area contributed by atoms with Crippen LogP contribution >= 0.6 is 0 Å². The molecule has 0 heterocycles. The number of rotatable bonds is 5. The topological polar surface area (TPSA) is 58.2 Å². The van der Waals surface area contributed by atoms with Crippen molar-refractivity contribution in [3.05, 3.63) is 64.7 Å². The van der Waals surface area contributed by atoms with Gasteiger partial charge in [-0.1, -0.05) is 35.9 Å². The highest BCUT2D eigenvalue weighted by Crippen LogP contribution is 2.14. The van der Waals surface area contributed by atoms with Gasteiger partial charge in [0.25, 0.3) is 0 Å². The van der Waals surface area contributed by atoms with E-state index in [1.807, 2.05) is 63.2 Å². The predicted molar refractivity (Wildman–Crippen MR) is 92.2 cm³/mol. The van der Waals surface area contributed by atoms with Gasteiger partial charge in [-0.3, -0.25) is 9.59 Å². The van der Waals surface area contributed by atoms with Crippen molar-refractivity contribution in [3.8, 4) is 0 Å². The molecular weight excluding hydrogens is 288 g/mol. The molecule has 0 aliphatic heterocycles. The number of hydrogen-bond acceptors (Lipinski definition) is 2. The Balaban J connectivity index is 1.82. The van der Waals surface area contributed by atoms with Crippen LogP contribution in [0.3, 0.4) is 0 Å². The smallest absolute Gasteiger partial charge is 0.233 e. The van der Waals surface area contributed by atoms with E-state index < -0.39 is 0 Å². The zero-order valence-electron chi connectivity index (χ0n) is 13.8. The first kappa shape index (κ1) is 16.7. The van der Waals surface area contributed by atoms with Gasteiger partial charge in [-0.15, -0.1) is 0 Å². The Morgan fingerprint density at radius 3 is 2.39 bits per heavy atom. The Bertz CT molecular complexity index is 723. The molecule has 0 unspecified atom stereocenters. The fraction of sp³-hybridized carbons (Fsp3) is 0.263. The molecule has 2 N–H and O–H groups in total. The van der Waals surface area contributed by atoms with Gasteiger partial charge in [-0.05, 0) is 49.6 Å². The quantitative estimate of drug-likeness (QED) is 0.833. The van der Waals surface area contributed by atoms with Crippen molar-refractivity contribution < 1.29 is 9.59 Å². The Labute approximate surface area is 136 Å². The third kappa shape index (κ3) is 5.25. The number of nitrogens with one attached hydrogen (secondary N) is 2. The zero-order chi connectivity index (χ0) is 16.8. The normalized spacial score (nSPS) is 10.2. The molecule has 2 aromatic rings. The highest BCUT2D eigenvalue weighted by molar-refractivity contribution is 6.03. The average molecular weight is 310 g/mol. The molecule has 0 fully saturated rings. The lowest BCUT2D eigenvalue weighted by atomic mass is 10.1. The summed E-state index contributed by atoms with van der Waals surface area (Å²) < 4.78 is 0. The van der Waals surface area contributed by atoms with E-state index in [0.717, 1.165) is 16.7 Å². The van der Waals surface area contributed by atoms with Gasteiger partial charge in [0.2, 0.25) is 11.8 Å². The number of carbonyl (C=O) groups is 2. The SMILES string of the molecule is Cc1cccc(CNC(=O)CC(=O)Nc2ccc(C)c(C)c2)c1. The summed E-state index contributed by atoms with van der Waals surface area (Å²) in [6, 6.07) is 13.6. The number of benzene rings is 2. The molecule has 120 valence electrons. The second kappa shape index (κ2) is 7.58. The van der Waals surface area contributed by atoms with Crippen molar-refractivity contribution in [1.82, 2.24) is 5.32 Å². The molecule has 4 heteroatoms. The summed E-state index contributed by atoms with van der Waals surface area (Å²) in [6.07, 6.45) is -0.182. The maximum atomic E-state index is 11.9. The van der Waals surface area contributed by atoms with Gasteiger partial charge in [-0.25, -0.2) is 0 Å². The number of anilines is 1. The van der Waals surface area contributed by atoms with Crippen molar-refractivity contribution in [2.24, 2.45) is 0 Å². The van der Waals surface area contributed by atoms with E-state index in [1.165, 1.54) is 5.56 Å². The van der Waals surface area contributed by atoms with Crippen LogP contribution in [-0.4, -0.2) is 11.8 Å². The molecule has 4 nitrogen and oxygen atoms in total. The van der Waals surface area contributed by atoms with Crippen LogP contribution in [0, 0.1) is 20.8 Å². The molecule has 2 amide bonds. The highest BCUT2D eigenvalue weighted by Gasteiger charge is 2.10. The van der Waals surface area contributed by atoms with Crippen LogP contribution in [0.2, 0.25) is 0 Å². The predicted octanol–water partition coefficient (Wildman–Crippen LogP) is 3.26. The second-order valence-corrected chi connectivity index (χ2v) is 5.79. The Kier molecular flexibility index (Phi) is 5.52. The van der Waals surface area contributed by atoms with Crippen molar-refractivity contribution in [1.29, 1.82) is 0 Å². The summed E-state index contributed by atoms with van der Waals surface area (Å²) in [4.78, 5) is 23.8. The fourth-order valence-corrected chi connectivity index (χ4v) is 2.26. The number of aryl methyl sites for hydroxylation is 3. The summed E-state index contributed by atoms with van der Waals surface area (Å²) in [7, 11) is 0. The van der Waals surface area contributed by atoms with Crippen LogP contribution in [0.1, 0.15) is 28.7 Å². The summed E-state index contributed by atoms with van der Waals surface area (Å²) in [6.45, 7) is 6.43. The first-order valence-electron chi connectivity index (χ1n) is 7.63. The minimum Gasteiger partial charge on any atom is -0.352 e. The van der Waals surface area contributed by atoms with E-state index in [1.54, 1.807) is 0 Å². The van der Waals surface area contributed by atoms with E-state index >= 15 is 0 Å². The van der Waals surface area contributed by atoms with Crippen molar-refractivity contribution in [2.75, 3.05) is 5.32 Å². The monoisotopic (exact) mass is 310 g/mol. The van der Waals surface area contributed by atoms with Crippen LogP contribution in [0.15, 0.2) is 42.5 Å². The third-order valence-corrected chi connectivity index (χ3v) is 3.68. The van der Waals surface area contributed by atoms with Crippen LogP contribution in [0.25, 0.3) is 0 Å². The summed E-state index contributed by atoms with van der Waals surface area (Å²) in [5.74, 6) is -0.595. The van der Waals surface area contributed by atoms with Gasteiger partial charge < -0.3 is 10.6 Å². The second-order valence-electron chi connectivity index (χ2n) is 5.79. The van der Waals surface area contributed by atoms with Crippen LogP contribution in [-0.2, 0) is 16.1 Å². The van der Waals surface area contributed by atoms with Crippen LogP contribution in [0.5, 0.6) is 0 Å². The Morgan fingerprint density at radius 1 is 0.913 bits per heavy atom. The molecule has 0 aliphatic carbocycles. The maximum Gasteiger partial charge on any atom is 0.233 e. The lowest BCUT2D eigenvalue weighted by Gasteiger charge is -2.08. The van der Waals surface area contributed by atoms with Gasteiger partial charge >= 0.3 is 0 Å². The van der Waals surface area contributed by atoms with E-state index in [9.17, 15) is 9.59 Å². The Morgan fingerprint density at radius 2 is 1.70 bits per heavy atom. The third-order valence-electron chi connectivity index (χ3n) is 3.68. The number of amides is 2. The molecule has 0 bridgehead atoms. The molecule has 23 heavy (non-hydrogen) atoms. The summed E-state index contributed by atoms with van der Waals surface area (Å²) in [5.41, 5.74) is 5.15. The van der Waals surface area contributed by atoms with Gasteiger partial charge in [-0.2, -0.15) is 0 Å². The van der Waals surface area contributed by atoms with Gasteiger partial charge in [0, 0.05) is 12.2 Å². The van der Waals surface area contributed by atoms with Gasteiger partial charge in [0.1, 0.15) is 6.42 Å². The largest absolute Gasteiger partial charge is 0.352 e. The lowest BCUT2D eigenvalue weighted by molar-refractivity contribution is -0.126. The molecule has 2 rings (SSSR count). The molecule has 0 aromatic heterocycles. The molecule has 0 spiro atoms. The van der Waals surface area contributed by atoms with Crippen LogP contribution in [0.4, 0.5) is 5.69 Å². The minimum absolute atomic E-state index is 0.182. The number of carbonyl (C=O) groups excluding carboxylic acids is 2. The van der Waals surface area contributed by atoms with Crippen molar-refractivity contribution in [2.45, 2.75) is 33.7 Å². The fourth-order valence-electron chi connectivity index (χ4n) is 2.26. The molecule has 2 aromatic carbocycles. The van der Waals surface area contributed by atoms with Crippen molar-refractivity contribution >= 4 is 17.5 Å². The molecule has 0 saturated carbocycles. The van der Waals surface area contributed by atoms with Gasteiger partial charge in [0.15, 0.2) is 0 Å². The van der Waals surface area contributed by atoms with E-state index in [2.05, 4.69) is 10.6 Å². The average Bonchev–Trinajstić information content (AvgIpc) is 2.49. The molecule has 0 atom stereocenters. The maximum absolute atomic E-state index is 11.9. The standard InChI is InChI=1S/C19H22N2O2/c1-13-5-4-6-16(9-13)12-20-18(22)11-19(23)21-17-8-7-14(2)15(3)10-17/h4-10H,11-12H2,1-3H3,(H,20,22)(H,21,23). The number of hydrogen-bond donors (Lipinski definition) is 2. The first-order chi connectivity index (χ1) is 10.9. The summed E-state index contributed by atoms with van der Waals surface area (Å²) in [5, 5.41) is 5.51. The minimum atomic E-state index is -0.310. The Hall–Kier alpha value is -2.62. The first-order valence-corrected chi connectivity index (χ1v) is 7.63. The molecule has 0 aliphatic rings. The molecule has 0 radical (unpaired) electrons. The highest BCUT2D eigenvalue weighted by atomic mass is 16.2.